The monoisotopic (exact) mass is 556 g/mol. The Morgan fingerprint density at radius 2 is 1.80 bits per heavy atom. The Labute approximate surface area is 237 Å². The second kappa shape index (κ2) is 11.0. The second-order valence-corrected chi connectivity index (χ2v) is 10.6. The lowest BCUT2D eigenvalue weighted by Crippen LogP contribution is -2.41. The highest BCUT2D eigenvalue weighted by Gasteiger charge is 2.24. The van der Waals surface area contributed by atoms with Crippen molar-refractivity contribution in [3.05, 3.63) is 93.7 Å². The summed E-state index contributed by atoms with van der Waals surface area (Å²) >= 11 is 0. The van der Waals surface area contributed by atoms with Crippen LogP contribution in [-0.2, 0) is 25.0 Å². The van der Waals surface area contributed by atoms with Crippen LogP contribution in [-0.4, -0.2) is 36.3 Å². The number of ether oxygens (including phenoxy) is 1. The molecular formula is C31H33FN6O3. The third-order valence-corrected chi connectivity index (χ3v) is 7.13. The van der Waals surface area contributed by atoms with Crippen molar-refractivity contribution in [1.82, 2.24) is 24.3 Å². The van der Waals surface area contributed by atoms with E-state index in [4.69, 9.17) is 4.74 Å². The molecule has 0 bridgehead atoms. The van der Waals surface area contributed by atoms with E-state index in [0.29, 0.717) is 33.5 Å². The van der Waals surface area contributed by atoms with E-state index in [1.807, 2.05) is 70.2 Å². The molecule has 2 heterocycles. The van der Waals surface area contributed by atoms with Gasteiger partial charge in [-0.1, -0.05) is 17.7 Å². The summed E-state index contributed by atoms with van der Waals surface area (Å²) in [6.45, 7) is 9.48. The Morgan fingerprint density at radius 1 is 1.07 bits per heavy atom. The molecule has 0 aliphatic rings. The number of anilines is 1. The van der Waals surface area contributed by atoms with Gasteiger partial charge in [-0.3, -0.25) is 19.0 Å². The number of aromatic amines is 1. The minimum Gasteiger partial charge on any atom is -0.482 e. The van der Waals surface area contributed by atoms with Gasteiger partial charge in [0, 0.05) is 24.3 Å². The molecule has 5 rings (SSSR count). The minimum absolute atomic E-state index is 0.0488. The maximum atomic E-state index is 15.3. The fourth-order valence-electron chi connectivity index (χ4n) is 5.23. The van der Waals surface area contributed by atoms with Crippen molar-refractivity contribution in [1.29, 1.82) is 0 Å². The van der Waals surface area contributed by atoms with Crippen LogP contribution in [0.25, 0.3) is 22.2 Å². The van der Waals surface area contributed by atoms with E-state index in [-0.39, 0.29) is 36.5 Å². The molecule has 212 valence electrons. The summed E-state index contributed by atoms with van der Waals surface area (Å²) in [6.07, 6.45) is 1.36. The molecule has 1 amide bonds. The van der Waals surface area contributed by atoms with Crippen LogP contribution in [0, 0.1) is 26.6 Å². The number of hydrogen-bond donors (Lipinski definition) is 1. The number of carbonyl (C=O) groups is 1. The summed E-state index contributed by atoms with van der Waals surface area (Å²) in [7, 11) is 1.67. The molecule has 0 aliphatic heterocycles. The molecule has 5 aromatic rings. The number of fused-ring (bicyclic) bond motifs is 1. The van der Waals surface area contributed by atoms with E-state index < -0.39 is 5.82 Å². The second-order valence-electron chi connectivity index (χ2n) is 10.6. The van der Waals surface area contributed by atoms with Gasteiger partial charge in [0.2, 0.25) is 5.91 Å². The molecule has 0 unspecified atom stereocenters. The maximum Gasteiger partial charge on any atom is 0.329 e. The van der Waals surface area contributed by atoms with Gasteiger partial charge in [-0.15, -0.1) is 0 Å². The molecule has 9 nitrogen and oxygen atoms in total. The lowest BCUT2D eigenvalue weighted by Gasteiger charge is -2.27. The molecule has 0 saturated carbocycles. The third kappa shape index (κ3) is 5.37. The topological polar surface area (TPSA) is 98.0 Å². The summed E-state index contributed by atoms with van der Waals surface area (Å²) in [6, 6.07) is 14.7. The first-order chi connectivity index (χ1) is 19.5. The average molecular weight is 557 g/mol. The molecule has 3 aromatic carbocycles. The number of aromatic nitrogens is 5. The van der Waals surface area contributed by atoms with Crippen molar-refractivity contribution >= 4 is 22.6 Å². The van der Waals surface area contributed by atoms with Gasteiger partial charge in [0.15, 0.2) is 17.4 Å². The number of aryl methyl sites for hydroxylation is 4. The molecule has 0 spiro atoms. The molecule has 0 aliphatic carbocycles. The van der Waals surface area contributed by atoms with Gasteiger partial charge in [-0.25, -0.2) is 14.2 Å². The lowest BCUT2D eigenvalue weighted by atomic mass is 9.99. The van der Waals surface area contributed by atoms with E-state index in [9.17, 15) is 9.59 Å². The molecule has 0 radical (unpaired) electrons. The van der Waals surface area contributed by atoms with E-state index in [0.717, 1.165) is 16.8 Å². The zero-order chi connectivity index (χ0) is 29.4. The van der Waals surface area contributed by atoms with Crippen LogP contribution in [0.15, 0.2) is 59.7 Å². The summed E-state index contributed by atoms with van der Waals surface area (Å²) in [5.41, 5.74) is 5.54. The Kier molecular flexibility index (Phi) is 7.49. The van der Waals surface area contributed by atoms with Crippen LogP contribution in [0.5, 0.6) is 5.75 Å². The van der Waals surface area contributed by atoms with Crippen LogP contribution in [0.2, 0.25) is 0 Å². The Hall–Kier alpha value is -4.73. The number of carbonyl (C=O) groups excluding carboxylic acids is 1. The van der Waals surface area contributed by atoms with Gasteiger partial charge >= 0.3 is 5.69 Å². The Balaban J connectivity index is 1.54. The van der Waals surface area contributed by atoms with E-state index in [2.05, 4.69) is 15.2 Å². The zero-order valence-corrected chi connectivity index (χ0v) is 24.0. The molecule has 41 heavy (non-hydrogen) atoms. The predicted molar refractivity (Wildman–Crippen MR) is 157 cm³/mol. The maximum absolute atomic E-state index is 15.3. The van der Waals surface area contributed by atoms with Crippen molar-refractivity contribution in [2.24, 2.45) is 7.05 Å². The Bertz CT molecular complexity index is 1760. The van der Waals surface area contributed by atoms with Crippen LogP contribution in [0.1, 0.15) is 36.4 Å². The van der Waals surface area contributed by atoms with Crippen molar-refractivity contribution in [2.75, 3.05) is 4.90 Å². The van der Waals surface area contributed by atoms with Crippen molar-refractivity contribution in [3.8, 4) is 16.9 Å². The molecule has 1 N–H and O–H groups in total. The first kappa shape index (κ1) is 27.8. The van der Waals surface area contributed by atoms with Crippen LogP contribution < -0.4 is 15.3 Å². The smallest absolute Gasteiger partial charge is 0.329 e. The Morgan fingerprint density at radius 3 is 2.44 bits per heavy atom. The van der Waals surface area contributed by atoms with Crippen molar-refractivity contribution < 1.29 is 13.9 Å². The van der Waals surface area contributed by atoms with Gasteiger partial charge in [-0.05, 0) is 87.7 Å². The number of rotatable bonds is 8. The quantitative estimate of drug-likeness (QED) is 0.283. The number of nitrogens with zero attached hydrogens (tertiary/aromatic N) is 5. The highest BCUT2D eigenvalue weighted by Crippen LogP contribution is 2.34. The highest BCUT2D eigenvalue weighted by atomic mass is 19.1. The van der Waals surface area contributed by atoms with Gasteiger partial charge < -0.3 is 9.64 Å². The minimum atomic E-state index is -0.528. The first-order valence-electron chi connectivity index (χ1n) is 13.4. The highest BCUT2D eigenvalue weighted by molar-refractivity contribution is 5.97. The number of benzene rings is 3. The summed E-state index contributed by atoms with van der Waals surface area (Å²) < 4.78 is 24.0. The van der Waals surface area contributed by atoms with Gasteiger partial charge in [0.25, 0.3) is 0 Å². The number of hydrogen-bond acceptors (Lipinski definition) is 5. The molecular weight excluding hydrogens is 523 g/mol. The van der Waals surface area contributed by atoms with Gasteiger partial charge in [0.05, 0.1) is 11.0 Å². The molecule has 0 saturated heterocycles. The predicted octanol–water partition coefficient (Wildman–Crippen LogP) is 5.21. The SMILES string of the molecule is Cc1ccc(N(C(=O)Cn2c(=O)n(C)c3c(-c4cc(C)c(OCc5ncn[nH]5)c(F)c4)cc(C)cc32)C(C)C)cc1. The largest absolute Gasteiger partial charge is 0.482 e. The van der Waals surface area contributed by atoms with Crippen molar-refractivity contribution in [3.63, 3.8) is 0 Å². The fraction of sp³-hybridized carbons (Fsp3) is 0.290. The average Bonchev–Trinajstić information content (AvgIpc) is 3.52. The van der Waals surface area contributed by atoms with Crippen LogP contribution in [0.3, 0.4) is 0 Å². The molecule has 0 atom stereocenters. The van der Waals surface area contributed by atoms with Gasteiger partial charge in [0.1, 0.15) is 19.5 Å². The number of amides is 1. The fourth-order valence-corrected chi connectivity index (χ4v) is 5.23. The standard InChI is InChI=1S/C31H33FN6O3/c1-18(2)38(23-9-7-19(3)8-10-23)28(39)15-37-26-12-20(4)11-24(29(26)36(6)31(37)40)22-13-21(5)30(25(32)14-22)41-16-27-33-17-34-35-27/h7-14,17-18H,15-16H2,1-6H3,(H,33,34,35). The summed E-state index contributed by atoms with van der Waals surface area (Å²) in [4.78, 5) is 32.9. The normalized spacial score (nSPS) is 11.4. The number of H-pyrrole nitrogens is 1. The molecule has 0 fully saturated rings. The van der Waals surface area contributed by atoms with Crippen molar-refractivity contribution in [2.45, 2.75) is 53.8 Å². The van der Waals surface area contributed by atoms with Crippen LogP contribution in [0.4, 0.5) is 10.1 Å². The molecule has 2 aromatic heterocycles. The summed E-state index contributed by atoms with van der Waals surface area (Å²) in [5.74, 6) is -0.121. The number of nitrogens with one attached hydrogen (secondary N) is 1. The summed E-state index contributed by atoms with van der Waals surface area (Å²) in [5, 5.41) is 6.47. The van der Waals surface area contributed by atoms with Crippen LogP contribution >= 0.6 is 0 Å². The van der Waals surface area contributed by atoms with E-state index in [1.54, 1.807) is 18.9 Å². The zero-order valence-electron chi connectivity index (χ0n) is 24.0. The first-order valence-corrected chi connectivity index (χ1v) is 13.4. The van der Waals surface area contributed by atoms with E-state index in [1.165, 1.54) is 21.5 Å². The number of halogens is 1. The third-order valence-electron chi connectivity index (χ3n) is 7.13. The lowest BCUT2D eigenvalue weighted by molar-refractivity contribution is -0.119. The van der Waals surface area contributed by atoms with E-state index >= 15 is 4.39 Å². The van der Waals surface area contributed by atoms with Gasteiger partial charge in [-0.2, -0.15) is 5.10 Å². The number of imidazole rings is 1. The molecule has 10 heteroatoms.